The van der Waals surface area contributed by atoms with Gasteiger partial charge in [0, 0.05) is 23.6 Å². The lowest BCUT2D eigenvalue weighted by Crippen LogP contribution is -2.18. The highest BCUT2D eigenvalue weighted by molar-refractivity contribution is 7.15. The largest absolute Gasteiger partial charge is 0.396 e. The molecule has 3 aromatic rings. The SMILES string of the molecule is CCc1cc(-c2noc(-c3cc(C)c(CNCC(C)C)s3)n2)cc(C)c1CCCO. The van der Waals surface area contributed by atoms with Crippen LogP contribution in [0.3, 0.4) is 0 Å². The van der Waals surface area contributed by atoms with Crippen LogP contribution in [0.1, 0.15) is 54.3 Å². The molecule has 0 aliphatic rings. The molecule has 0 fully saturated rings. The highest BCUT2D eigenvalue weighted by Gasteiger charge is 2.17. The molecule has 5 nitrogen and oxygen atoms in total. The summed E-state index contributed by atoms with van der Waals surface area (Å²) in [5.41, 5.74) is 6.07. The second-order valence-corrected chi connectivity index (χ2v) is 9.41. The van der Waals surface area contributed by atoms with Crippen molar-refractivity contribution in [3.8, 4) is 22.2 Å². The number of thiophene rings is 1. The van der Waals surface area contributed by atoms with Crippen molar-refractivity contribution in [3.05, 3.63) is 45.3 Å². The normalized spacial score (nSPS) is 11.6. The van der Waals surface area contributed by atoms with Gasteiger partial charge in [-0.2, -0.15) is 4.98 Å². The van der Waals surface area contributed by atoms with E-state index in [1.165, 1.54) is 27.1 Å². The summed E-state index contributed by atoms with van der Waals surface area (Å²) in [4.78, 5) is 7.02. The maximum atomic E-state index is 9.18. The summed E-state index contributed by atoms with van der Waals surface area (Å²) >= 11 is 1.71. The quantitative estimate of drug-likeness (QED) is 0.458. The second-order valence-electron chi connectivity index (χ2n) is 8.28. The van der Waals surface area contributed by atoms with E-state index in [0.29, 0.717) is 17.6 Å². The lowest BCUT2D eigenvalue weighted by atomic mass is 9.93. The van der Waals surface area contributed by atoms with Gasteiger partial charge in [0.25, 0.3) is 5.89 Å². The maximum absolute atomic E-state index is 9.18. The number of aryl methyl sites for hydroxylation is 3. The zero-order valence-electron chi connectivity index (χ0n) is 18.7. The van der Waals surface area contributed by atoms with Crippen LogP contribution in [-0.4, -0.2) is 28.4 Å². The topological polar surface area (TPSA) is 71.2 Å². The Morgan fingerprint density at radius 3 is 2.67 bits per heavy atom. The standard InChI is InChI=1S/C24H33N3O2S/c1-6-18-12-19(10-16(4)20(18)8-7-9-28)23-26-24(29-27-23)21-11-17(5)22(30-21)14-25-13-15(2)3/h10-12,15,25,28H,6-9,13-14H2,1-5H3. The van der Waals surface area contributed by atoms with Crippen LogP contribution in [0.2, 0.25) is 0 Å². The van der Waals surface area contributed by atoms with Crippen molar-refractivity contribution in [1.29, 1.82) is 0 Å². The number of nitrogens with one attached hydrogen (secondary N) is 1. The van der Waals surface area contributed by atoms with Crippen molar-refractivity contribution in [3.63, 3.8) is 0 Å². The Morgan fingerprint density at radius 1 is 1.17 bits per heavy atom. The van der Waals surface area contributed by atoms with Gasteiger partial charge in [-0.1, -0.05) is 25.9 Å². The molecule has 0 saturated carbocycles. The molecule has 162 valence electrons. The van der Waals surface area contributed by atoms with Crippen LogP contribution in [0, 0.1) is 19.8 Å². The lowest BCUT2D eigenvalue weighted by molar-refractivity contribution is 0.288. The average Bonchev–Trinajstić information content (AvgIpc) is 3.33. The third-order valence-corrected chi connectivity index (χ3v) is 6.51. The molecule has 0 unspecified atom stereocenters. The van der Waals surface area contributed by atoms with Crippen LogP contribution in [0.4, 0.5) is 0 Å². The number of aromatic nitrogens is 2. The number of aliphatic hydroxyl groups excluding tert-OH is 1. The first-order valence-corrected chi connectivity index (χ1v) is 11.6. The molecule has 6 heteroatoms. The Hall–Kier alpha value is -2.02. The Labute approximate surface area is 183 Å². The smallest absolute Gasteiger partial charge is 0.268 e. The Balaban J connectivity index is 1.82. The first-order chi connectivity index (χ1) is 14.4. The van der Waals surface area contributed by atoms with Crippen molar-refractivity contribution in [2.45, 2.75) is 60.4 Å². The van der Waals surface area contributed by atoms with Gasteiger partial charge in [-0.05, 0) is 86.0 Å². The molecule has 0 bridgehead atoms. The number of nitrogens with zero attached hydrogens (tertiary/aromatic N) is 2. The molecule has 0 aliphatic carbocycles. The van der Waals surface area contributed by atoms with Crippen molar-refractivity contribution < 1.29 is 9.63 Å². The van der Waals surface area contributed by atoms with Crippen molar-refractivity contribution in [2.75, 3.05) is 13.2 Å². The van der Waals surface area contributed by atoms with Crippen LogP contribution < -0.4 is 5.32 Å². The lowest BCUT2D eigenvalue weighted by Gasteiger charge is -2.12. The molecule has 0 atom stereocenters. The summed E-state index contributed by atoms with van der Waals surface area (Å²) in [5, 5.41) is 16.9. The van der Waals surface area contributed by atoms with Crippen LogP contribution in [-0.2, 0) is 19.4 Å². The molecule has 30 heavy (non-hydrogen) atoms. The summed E-state index contributed by atoms with van der Waals surface area (Å²) in [6.45, 7) is 12.9. The fraction of sp³-hybridized carbons (Fsp3) is 0.500. The van der Waals surface area contributed by atoms with E-state index in [1.54, 1.807) is 11.3 Å². The zero-order chi connectivity index (χ0) is 21.7. The molecule has 2 N–H and O–H groups in total. The molecule has 0 radical (unpaired) electrons. The second kappa shape index (κ2) is 10.3. The van der Waals surface area contributed by atoms with Crippen molar-refractivity contribution >= 4 is 11.3 Å². The first-order valence-electron chi connectivity index (χ1n) is 10.8. The van der Waals surface area contributed by atoms with E-state index in [0.717, 1.165) is 42.8 Å². The van der Waals surface area contributed by atoms with Gasteiger partial charge in [0.1, 0.15) is 0 Å². The molecule has 0 amide bonds. The highest BCUT2D eigenvalue weighted by atomic mass is 32.1. The van der Waals surface area contributed by atoms with E-state index in [-0.39, 0.29) is 6.61 Å². The van der Waals surface area contributed by atoms with E-state index in [4.69, 9.17) is 9.51 Å². The zero-order valence-corrected chi connectivity index (χ0v) is 19.5. The van der Waals surface area contributed by atoms with Gasteiger partial charge < -0.3 is 14.9 Å². The molecule has 1 aromatic carbocycles. The van der Waals surface area contributed by atoms with Crippen LogP contribution in [0.5, 0.6) is 0 Å². The van der Waals surface area contributed by atoms with Gasteiger partial charge >= 0.3 is 0 Å². The summed E-state index contributed by atoms with van der Waals surface area (Å²) < 4.78 is 5.62. The minimum Gasteiger partial charge on any atom is -0.396 e. The van der Waals surface area contributed by atoms with Gasteiger partial charge in [0.15, 0.2) is 0 Å². The fourth-order valence-electron chi connectivity index (χ4n) is 3.66. The van der Waals surface area contributed by atoms with E-state index < -0.39 is 0 Å². The Morgan fingerprint density at radius 2 is 1.97 bits per heavy atom. The van der Waals surface area contributed by atoms with Crippen LogP contribution in [0.15, 0.2) is 22.7 Å². The minimum atomic E-state index is 0.216. The van der Waals surface area contributed by atoms with E-state index in [1.807, 2.05) is 0 Å². The predicted molar refractivity (Wildman–Crippen MR) is 124 cm³/mol. The Bertz CT molecular complexity index is 975. The third-order valence-electron chi connectivity index (χ3n) is 5.28. The molecule has 2 heterocycles. The van der Waals surface area contributed by atoms with Gasteiger partial charge in [-0.3, -0.25) is 0 Å². The monoisotopic (exact) mass is 427 g/mol. The fourth-order valence-corrected chi connectivity index (χ4v) is 4.73. The molecular weight excluding hydrogens is 394 g/mol. The molecule has 0 spiro atoms. The van der Waals surface area contributed by atoms with E-state index in [2.05, 4.69) is 63.3 Å². The Kier molecular flexibility index (Phi) is 7.81. The van der Waals surface area contributed by atoms with Gasteiger partial charge in [0.2, 0.25) is 5.82 Å². The minimum absolute atomic E-state index is 0.216. The average molecular weight is 428 g/mol. The number of hydrogen-bond acceptors (Lipinski definition) is 6. The van der Waals surface area contributed by atoms with E-state index in [9.17, 15) is 5.11 Å². The predicted octanol–water partition coefficient (Wildman–Crippen LogP) is 5.31. The van der Waals surface area contributed by atoms with Crippen LogP contribution >= 0.6 is 11.3 Å². The van der Waals surface area contributed by atoms with Gasteiger partial charge in [-0.25, -0.2) is 0 Å². The summed E-state index contributed by atoms with van der Waals surface area (Å²) in [5.74, 6) is 1.84. The van der Waals surface area contributed by atoms with Crippen LogP contribution in [0.25, 0.3) is 22.2 Å². The highest BCUT2D eigenvalue weighted by Crippen LogP contribution is 2.32. The van der Waals surface area contributed by atoms with E-state index >= 15 is 0 Å². The van der Waals surface area contributed by atoms with Gasteiger partial charge in [0.05, 0.1) is 4.88 Å². The summed E-state index contributed by atoms with van der Waals surface area (Å²) in [6, 6.07) is 6.42. The number of benzene rings is 1. The third kappa shape index (κ3) is 5.36. The number of hydrogen-bond donors (Lipinski definition) is 2. The van der Waals surface area contributed by atoms with Crippen molar-refractivity contribution in [1.82, 2.24) is 15.5 Å². The number of rotatable bonds is 10. The molecule has 2 aromatic heterocycles. The van der Waals surface area contributed by atoms with Crippen molar-refractivity contribution in [2.24, 2.45) is 5.92 Å². The molecule has 0 aliphatic heterocycles. The molecule has 0 saturated heterocycles. The molecular formula is C24H33N3O2S. The molecule has 3 rings (SSSR count). The summed E-state index contributed by atoms with van der Waals surface area (Å²) in [7, 11) is 0. The van der Waals surface area contributed by atoms with Gasteiger partial charge in [-0.15, -0.1) is 11.3 Å². The first kappa shape index (κ1) is 22.7. The maximum Gasteiger partial charge on any atom is 0.268 e. The summed E-state index contributed by atoms with van der Waals surface area (Å²) in [6.07, 6.45) is 2.62. The number of aliphatic hydroxyl groups is 1.